The van der Waals surface area contributed by atoms with Gasteiger partial charge in [-0.25, -0.2) is 4.79 Å². The molecule has 0 amide bonds. The molecule has 1 aromatic rings. The molecule has 0 saturated carbocycles. The van der Waals surface area contributed by atoms with E-state index in [0.717, 1.165) is 4.57 Å². The van der Waals surface area contributed by atoms with Crippen LogP contribution in [0.5, 0.6) is 0 Å². The fraction of sp³-hybridized carbons (Fsp3) is 0.636. The quantitative estimate of drug-likeness (QED) is 0.367. The lowest BCUT2D eigenvalue weighted by Crippen LogP contribution is -2.44. The van der Waals surface area contributed by atoms with Gasteiger partial charge in [-0.3, -0.25) is 13.9 Å². The van der Waals surface area contributed by atoms with Gasteiger partial charge < -0.3 is 25.7 Å². The van der Waals surface area contributed by atoms with Gasteiger partial charge in [0, 0.05) is 26.7 Å². The standard InChI is InChI=1S/C11H19N3O6/c1-13-8(3-9(18)14(2)11(13)20)12-4-6(16)10(19)7(17)5-15/h3,6-7,10,12,15-17,19H,4-5H2,1-2H3/t6-,7-,10+/m0/s1. The van der Waals surface area contributed by atoms with E-state index in [-0.39, 0.29) is 12.4 Å². The molecule has 0 aliphatic carbocycles. The monoisotopic (exact) mass is 289 g/mol. The minimum atomic E-state index is -1.55. The third-order valence-corrected chi connectivity index (χ3v) is 2.99. The van der Waals surface area contributed by atoms with E-state index in [9.17, 15) is 24.9 Å². The molecule has 0 aliphatic rings. The molecule has 0 fully saturated rings. The Bertz CT molecular complexity index is 566. The Morgan fingerprint density at radius 1 is 1.15 bits per heavy atom. The molecule has 0 spiro atoms. The maximum absolute atomic E-state index is 11.6. The first kappa shape index (κ1) is 16.4. The van der Waals surface area contributed by atoms with E-state index < -0.39 is 36.2 Å². The van der Waals surface area contributed by atoms with Crippen LogP contribution in [0, 0.1) is 0 Å². The number of anilines is 1. The van der Waals surface area contributed by atoms with E-state index in [2.05, 4.69) is 5.32 Å². The summed E-state index contributed by atoms with van der Waals surface area (Å²) in [6.45, 7) is -0.902. The van der Waals surface area contributed by atoms with Crippen molar-refractivity contribution in [1.82, 2.24) is 9.13 Å². The van der Waals surface area contributed by atoms with E-state index in [0.29, 0.717) is 0 Å². The van der Waals surface area contributed by atoms with E-state index in [1.54, 1.807) is 0 Å². The van der Waals surface area contributed by atoms with Crippen molar-refractivity contribution < 1.29 is 20.4 Å². The zero-order chi connectivity index (χ0) is 15.4. The van der Waals surface area contributed by atoms with Crippen LogP contribution in [-0.2, 0) is 14.1 Å². The molecule has 9 heteroatoms. The van der Waals surface area contributed by atoms with E-state index >= 15 is 0 Å². The maximum atomic E-state index is 11.6. The topological polar surface area (TPSA) is 137 Å². The Morgan fingerprint density at radius 2 is 1.75 bits per heavy atom. The van der Waals surface area contributed by atoms with Crippen molar-refractivity contribution in [3.8, 4) is 0 Å². The third kappa shape index (κ3) is 3.45. The van der Waals surface area contributed by atoms with Gasteiger partial charge in [0.05, 0.1) is 12.7 Å². The van der Waals surface area contributed by atoms with Gasteiger partial charge >= 0.3 is 5.69 Å². The molecule has 20 heavy (non-hydrogen) atoms. The number of nitrogens with zero attached hydrogens (tertiary/aromatic N) is 2. The van der Waals surface area contributed by atoms with Crippen LogP contribution >= 0.6 is 0 Å². The Labute approximate surface area is 114 Å². The molecule has 0 radical (unpaired) electrons. The van der Waals surface area contributed by atoms with Crippen LogP contribution in [0.3, 0.4) is 0 Å². The van der Waals surface area contributed by atoms with Gasteiger partial charge in [-0.15, -0.1) is 0 Å². The van der Waals surface area contributed by atoms with Crippen molar-refractivity contribution in [2.75, 3.05) is 18.5 Å². The minimum Gasteiger partial charge on any atom is -0.394 e. The van der Waals surface area contributed by atoms with Gasteiger partial charge in [-0.2, -0.15) is 0 Å². The van der Waals surface area contributed by atoms with Gasteiger partial charge in [-0.05, 0) is 0 Å². The SMILES string of the molecule is Cn1c(NC[C@H](O)[C@@H](O)[C@@H](O)CO)cc(=O)n(C)c1=O. The van der Waals surface area contributed by atoms with E-state index in [1.807, 2.05) is 0 Å². The van der Waals surface area contributed by atoms with Gasteiger partial charge in [0.25, 0.3) is 5.56 Å². The predicted molar refractivity (Wildman–Crippen MR) is 70.5 cm³/mol. The normalized spacial score (nSPS) is 15.7. The van der Waals surface area contributed by atoms with Crippen LogP contribution in [0.25, 0.3) is 0 Å². The summed E-state index contributed by atoms with van der Waals surface area (Å²) in [7, 11) is 2.78. The number of nitrogens with one attached hydrogen (secondary N) is 1. The maximum Gasteiger partial charge on any atom is 0.332 e. The summed E-state index contributed by atoms with van der Waals surface area (Å²) in [5, 5.41) is 39.5. The fourth-order valence-corrected chi connectivity index (χ4v) is 1.60. The Kier molecular flexibility index (Phi) is 5.45. The molecule has 1 aromatic heterocycles. The Morgan fingerprint density at radius 3 is 2.30 bits per heavy atom. The summed E-state index contributed by atoms with van der Waals surface area (Å²) in [4.78, 5) is 23.1. The molecule has 0 unspecified atom stereocenters. The summed E-state index contributed by atoms with van der Waals surface area (Å²) in [5.41, 5.74) is -1.05. The lowest BCUT2D eigenvalue weighted by molar-refractivity contribution is -0.0715. The average Bonchev–Trinajstić information content (AvgIpc) is 2.45. The van der Waals surface area contributed by atoms with Crippen molar-refractivity contribution in [1.29, 1.82) is 0 Å². The van der Waals surface area contributed by atoms with Crippen molar-refractivity contribution >= 4 is 5.82 Å². The van der Waals surface area contributed by atoms with Gasteiger partial charge in [0.15, 0.2) is 0 Å². The first-order valence-electron chi connectivity index (χ1n) is 5.95. The molecule has 0 saturated heterocycles. The first-order chi connectivity index (χ1) is 9.29. The molecule has 9 nitrogen and oxygen atoms in total. The molecular formula is C11H19N3O6. The second kappa shape index (κ2) is 6.66. The molecule has 1 heterocycles. The van der Waals surface area contributed by atoms with Crippen LogP contribution in [0.4, 0.5) is 5.82 Å². The van der Waals surface area contributed by atoms with Crippen LogP contribution in [-0.4, -0.2) is 61.0 Å². The highest BCUT2D eigenvalue weighted by Crippen LogP contribution is 2.03. The van der Waals surface area contributed by atoms with Crippen molar-refractivity contribution in [3.63, 3.8) is 0 Å². The number of aliphatic hydroxyl groups is 4. The van der Waals surface area contributed by atoms with Crippen molar-refractivity contribution in [3.05, 3.63) is 26.9 Å². The number of rotatable bonds is 6. The molecule has 3 atom stereocenters. The molecule has 114 valence electrons. The van der Waals surface area contributed by atoms with E-state index in [4.69, 9.17) is 5.11 Å². The van der Waals surface area contributed by atoms with Crippen molar-refractivity contribution in [2.45, 2.75) is 18.3 Å². The lowest BCUT2D eigenvalue weighted by Gasteiger charge is -2.22. The smallest absolute Gasteiger partial charge is 0.332 e. The largest absolute Gasteiger partial charge is 0.394 e. The third-order valence-electron chi connectivity index (χ3n) is 2.99. The van der Waals surface area contributed by atoms with Gasteiger partial charge in [-0.1, -0.05) is 0 Å². The molecule has 1 rings (SSSR count). The van der Waals surface area contributed by atoms with Gasteiger partial charge in [0.2, 0.25) is 0 Å². The summed E-state index contributed by atoms with van der Waals surface area (Å²) in [6.07, 6.45) is -4.40. The van der Waals surface area contributed by atoms with Crippen LogP contribution in [0.1, 0.15) is 0 Å². The van der Waals surface area contributed by atoms with Crippen LogP contribution in [0.15, 0.2) is 15.7 Å². The summed E-state index contributed by atoms with van der Waals surface area (Å²) >= 11 is 0. The minimum absolute atomic E-state index is 0.169. The zero-order valence-corrected chi connectivity index (χ0v) is 11.2. The first-order valence-corrected chi connectivity index (χ1v) is 5.95. The summed E-state index contributed by atoms with van der Waals surface area (Å²) < 4.78 is 2.09. The summed E-state index contributed by atoms with van der Waals surface area (Å²) in [6, 6.07) is 1.17. The number of hydrogen-bond acceptors (Lipinski definition) is 7. The highest BCUT2D eigenvalue weighted by Gasteiger charge is 2.24. The van der Waals surface area contributed by atoms with E-state index in [1.165, 1.54) is 24.7 Å². The molecule has 0 bridgehead atoms. The highest BCUT2D eigenvalue weighted by molar-refractivity contribution is 5.33. The van der Waals surface area contributed by atoms with Gasteiger partial charge in [0.1, 0.15) is 18.0 Å². The molecule has 0 aromatic carbocycles. The van der Waals surface area contributed by atoms with Crippen LogP contribution in [0.2, 0.25) is 0 Å². The second-order valence-corrected chi connectivity index (χ2v) is 4.46. The molecule has 0 aliphatic heterocycles. The average molecular weight is 289 g/mol. The van der Waals surface area contributed by atoms with Crippen LogP contribution < -0.4 is 16.6 Å². The molecule has 5 N–H and O–H groups in total. The number of aromatic nitrogens is 2. The lowest BCUT2D eigenvalue weighted by atomic mass is 10.1. The predicted octanol–water partition coefficient (Wildman–Crippen LogP) is -3.43. The fourth-order valence-electron chi connectivity index (χ4n) is 1.60. The Hall–Kier alpha value is -1.68. The number of aliphatic hydroxyl groups excluding tert-OH is 4. The summed E-state index contributed by atoms with van der Waals surface area (Å²) in [5.74, 6) is 0.169. The molecular weight excluding hydrogens is 270 g/mol. The Balaban J connectivity index is 2.81. The van der Waals surface area contributed by atoms with Crippen molar-refractivity contribution in [2.24, 2.45) is 14.1 Å². The number of hydrogen-bond donors (Lipinski definition) is 5. The highest BCUT2D eigenvalue weighted by atomic mass is 16.4. The second-order valence-electron chi connectivity index (χ2n) is 4.46. The zero-order valence-electron chi connectivity index (χ0n) is 11.2.